The molecule has 1 aromatic carbocycles. The van der Waals surface area contributed by atoms with Gasteiger partial charge in [-0.15, -0.1) is 0 Å². The summed E-state index contributed by atoms with van der Waals surface area (Å²) < 4.78 is 5.57. The van der Waals surface area contributed by atoms with E-state index in [1.807, 2.05) is 13.0 Å². The lowest BCUT2D eigenvalue weighted by Crippen LogP contribution is -2.06. The van der Waals surface area contributed by atoms with Crippen LogP contribution in [0.25, 0.3) is 0 Å². The Morgan fingerprint density at radius 2 is 2.00 bits per heavy atom. The van der Waals surface area contributed by atoms with Gasteiger partial charge in [0.25, 0.3) is 0 Å². The molecule has 0 aromatic heterocycles. The Kier molecular flexibility index (Phi) is 5.64. The minimum Gasteiger partial charge on any atom is -0.492 e. The molecule has 0 atom stereocenters. The van der Waals surface area contributed by atoms with Gasteiger partial charge in [-0.1, -0.05) is 31.0 Å². The molecule has 2 N–H and O–H groups in total. The van der Waals surface area contributed by atoms with Crippen molar-refractivity contribution in [3.8, 4) is 5.75 Å². The molecule has 0 heterocycles. The summed E-state index contributed by atoms with van der Waals surface area (Å²) in [6.45, 7) is 5.37. The van der Waals surface area contributed by atoms with Crippen molar-refractivity contribution < 1.29 is 4.74 Å². The first kappa shape index (κ1) is 13.3. The van der Waals surface area contributed by atoms with E-state index >= 15 is 0 Å². The molecule has 0 aliphatic rings. The molecular weight excluding hydrogens is 222 g/mol. The van der Waals surface area contributed by atoms with Crippen molar-refractivity contribution in [2.24, 2.45) is 5.73 Å². The first-order valence-electron chi connectivity index (χ1n) is 5.87. The highest BCUT2D eigenvalue weighted by atomic mass is 35.5. The predicted molar refractivity (Wildman–Crippen MR) is 69.4 cm³/mol. The first-order valence-corrected chi connectivity index (χ1v) is 6.24. The molecule has 0 amide bonds. The van der Waals surface area contributed by atoms with Gasteiger partial charge in [0, 0.05) is 0 Å². The number of aryl methyl sites for hydroxylation is 1. The Labute approximate surface area is 103 Å². The van der Waals surface area contributed by atoms with Crippen molar-refractivity contribution in [1.29, 1.82) is 0 Å². The van der Waals surface area contributed by atoms with Gasteiger partial charge in [-0.3, -0.25) is 0 Å². The van der Waals surface area contributed by atoms with Crippen molar-refractivity contribution in [3.63, 3.8) is 0 Å². The first-order chi connectivity index (χ1) is 7.72. The van der Waals surface area contributed by atoms with Crippen LogP contribution in [0, 0.1) is 0 Å². The summed E-state index contributed by atoms with van der Waals surface area (Å²) in [5.74, 6) is 0.800. The van der Waals surface area contributed by atoms with Crippen LogP contribution >= 0.6 is 11.6 Å². The minimum absolute atomic E-state index is 0.617. The van der Waals surface area contributed by atoms with E-state index in [9.17, 15) is 0 Å². The molecule has 0 unspecified atom stereocenters. The number of hydrogen-bond donors (Lipinski definition) is 1. The number of hydrogen-bond acceptors (Lipinski definition) is 2. The fourth-order valence-corrected chi connectivity index (χ4v) is 2.11. The van der Waals surface area contributed by atoms with Gasteiger partial charge in [-0.25, -0.2) is 0 Å². The lowest BCUT2D eigenvalue weighted by atomic mass is 10.0. The fourth-order valence-electron chi connectivity index (χ4n) is 1.79. The van der Waals surface area contributed by atoms with Gasteiger partial charge in [-0.05, 0) is 43.5 Å². The van der Waals surface area contributed by atoms with Gasteiger partial charge in [0.2, 0.25) is 0 Å². The molecule has 3 heteroatoms. The van der Waals surface area contributed by atoms with Crippen molar-refractivity contribution in [2.75, 3.05) is 13.2 Å². The van der Waals surface area contributed by atoms with Crippen molar-refractivity contribution in [1.82, 2.24) is 0 Å². The predicted octanol–water partition coefficient (Wildman–Crippen LogP) is 3.19. The van der Waals surface area contributed by atoms with Gasteiger partial charge < -0.3 is 10.5 Å². The Morgan fingerprint density at radius 1 is 1.25 bits per heavy atom. The van der Waals surface area contributed by atoms with Gasteiger partial charge >= 0.3 is 0 Å². The Bertz CT molecular complexity index is 339. The summed E-state index contributed by atoms with van der Waals surface area (Å²) in [4.78, 5) is 0. The number of nitrogens with two attached hydrogens (primary N) is 1. The maximum atomic E-state index is 6.22. The van der Waals surface area contributed by atoms with Crippen molar-refractivity contribution in [2.45, 2.75) is 33.1 Å². The lowest BCUT2D eigenvalue weighted by molar-refractivity contribution is 0.336. The maximum Gasteiger partial charge on any atom is 0.141 e. The van der Waals surface area contributed by atoms with Crippen LogP contribution in [0.2, 0.25) is 5.02 Å². The largest absolute Gasteiger partial charge is 0.492 e. The maximum absolute atomic E-state index is 6.22. The van der Waals surface area contributed by atoms with E-state index in [1.54, 1.807) is 0 Å². The summed E-state index contributed by atoms with van der Waals surface area (Å²) in [6, 6.07) is 4.16. The fraction of sp³-hybridized carbons (Fsp3) is 0.538. The standard InChI is InChI=1S/C13H20ClNO/c1-3-5-10-8-11(6-7-15)13(16-4-2)12(14)9-10/h8-9H,3-7,15H2,1-2H3. The number of benzene rings is 1. The second kappa shape index (κ2) is 6.77. The van der Waals surface area contributed by atoms with Crippen molar-refractivity contribution in [3.05, 3.63) is 28.3 Å². The molecule has 1 rings (SSSR count). The molecule has 0 saturated carbocycles. The summed E-state index contributed by atoms with van der Waals surface area (Å²) >= 11 is 6.22. The topological polar surface area (TPSA) is 35.2 Å². The van der Waals surface area contributed by atoms with Crippen molar-refractivity contribution >= 4 is 11.6 Å². The molecule has 1 aromatic rings. The van der Waals surface area contributed by atoms with Crippen LogP contribution in [-0.2, 0) is 12.8 Å². The molecule has 0 aliphatic carbocycles. The Morgan fingerprint density at radius 3 is 2.56 bits per heavy atom. The van der Waals surface area contributed by atoms with Crippen LogP contribution in [0.15, 0.2) is 12.1 Å². The monoisotopic (exact) mass is 241 g/mol. The SMILES string of the molecule is CCCc1cc(Cl)c(OCC)c(CCN)c1. The van der Waals surface area contributed by atoms with Gasteiger partial charge in [0.15, 0.2) is 0 Å². The molecule has 0 spiro atoms. The molecule has 0 bridgehead atoms. The molecule has 90 valence electrons. The third-order valence-electron chi connectivity index (χ3n) is 2.42. The Hall–Kier alpha value is -0.730. The van der Waals surface area contributed by atoms with Gasteiger partial charge in [-0.2, -0.15) is 0 Å². The zero-order valence-electron chi connectivity index (χ0n) is 10.1. The molecular formula is C13H20ClNO. The van der Waals surface area contributed by atoms with Crippen LogP contribution in [-0.4, -0.2) is 13.2 Å². The van der Waals surface area contributed by atoms with E-state index in [1.165, 1.54) is 5.56 Å². The average molecular weight is 242 g/mol. The zero-order chi connectivity index (χ0) is 12.0. The minimum atomic E-state index is 0.617. The smallest absolute Gasteiger partial charge is 0.141 e. The van der Waals surface area contributed by atoms with Crippen LogP contribution in [0.5, 0.6) is 5.75 Å². The highest BCUT2D eigenvalue weighted by Gasteiger charge is 2.10. The van der Waals surface area contributed by atoms with Gasteiger partial charge in [0.05, 0.1) is 11.6 Å². The number of halogens is 1. The van der Waals surface area contributed by atoms with Crippen LogP contribution in [0.3, 0.4) is 0 Å². The summed E-state index contributed by atoms with van der Waals surface area (Å²) in [5, 5.41) is 0.705. The lowest BCUT2D eigenvalue weighted by Gasteiger charge is -2.13. The highest BCUT2D eigenvalue weighted by Crippen LogP contribution is 2.31. The molecule has 2 nitrogen and oxygen atoms in total. The summed E-state index contributed by atoms with van der Waals surface area (Å²) in [7, 11) is 0. The van der Waals surface area contributed by atoms with E-state index in [0.717, 1.165) is 30.6 Å². The summed E-state index contributed by atoms with van der Waals surface area (Å²) in [5.41, 5.74) is 7.99. The second-order valence-electron chi connectivity index (χ2n) is 3.79. The van der Waals surface area contributed by atoms with Crippen LogP contribution < -0.4 is 10.5 Å². The molecule has 0 fully saturated rings. The highest BCUT2D eigenvalue weighted by molar-refractivity contribution is 6.32. The number of rotatable bonds is 6. The van der Waals surface area contributed by atoms with Crippen LogP contribution in [0.1, 0.15) is 31.4 Å². The van der Waals surface area contributed by atoms with E-state index in [0.29, 0.717) is 18.2 Å². The molecule has 16 heavy (non-hydrogen) atoms. The quantitative estimate of drug-likeness (QED) is 0.830. The van der Waals surface area contributed by atoms with E-state index in [2.05, 4.69) is 13.0 Å². The number of ether oxygens (including phenoxy) is 1. The summed E-state index contributed by atoms with van der Waals surface area (Å²) in [6.07, 6.45) is 2.97. The second-order valence-corrected chi connectivity index (χ2v) is 4.19. The molecule has 0 radical (unpaired) electrons. The van der Waals surface area contributed by atoms with E-state index < -0.39 is 0 Å². The molecule has 0 aliphatic heterocycles. The van der Waals surface area contributed by atoms with E-state index in [-0.39, 0.29) is 0 Å². The van der Waals surface area contributed by atoms with E-state index in [4.69, 9.17) is 22.1 Å². The van der Waals surface area contributed by atoms with Gasteiger partial charge in [0.1, 0.15) is 5.75 Å². The normalized spacial score (nSPS) is 10.5. The Balaban J connectivity index is 3.05. The zero-order valence-corrected chi connectivity index (χ0v) is 10.8. The van der Waals surface area contributed by atoms with Crippen LogP contribution in [0.4, 0.5) is 0 Å². The molecule has 0 saturated heterocycles. The average Bonchev–Trinajstić information content (AvgIpc) is 2.24. The third kappa shape index (κ3) is 3.39. The third-order valence-corrected chi connectivity index (χ3v) is 2.70.